The Morgan fingerprint density at radius 3 is 2.75 bits per heavy atom. The Kier molecular flexibility index (Phi) is 4.72. The van der Waals surface area contributed by atoms with E-state index in [0.29, 0.717) is 0 Å². The van der Waals surface area contributed by atoms with Crippen LogP contribution in [0.1, 0.15) is 10.4 Å². The summed E-state index contributed by atoms with van der Waals surface area (Å²) >= 11 is 0.869. The van der Waals surface area contributed by atoms with Crippen LogP contribution in [0.4, 0.5) is 4.39 Å². The van der Waals surface area contributed by atoms with Crippen molar-refractivity contribution < 1.29 is 24.5 Å². The fourth-order valence-corrected chi connectivity index (χ4v) is 2.04. The van der Waals surface area contributed by atoms with E-state index in [2.05, 4.69) is 0 Å². The Labute approximate surface area is 95.7 Å². The topological polar surface area (TPSA) is 77.8 Å². The summed E-state index contributed by atoms with van der Waals surface area (Å²) in [4.78, 5) is 10.8. The molecule has 0 fully saturated rings. The molecule has 1 rings (SSSR count). The van der Waals surface area contributed by atoms with Crippen LogP contribution >= 0.6 is 11.8 Å². The minimum absolute atomic E-state index is 0.0255. The normalized spacial score (nSPS) is 12.4. The molecular formula is C10H11FO4S. The predicted octanol–water partition coefficient (Wildman–Crippen LogP) is 0.969. The van der Waals surface area contributed by atoms with Crippen LogP contribution in [0.5, 0.6) is 0 Å². The number of benzene rings is 1. The second-order valence-corrected chi connectivity index (χ2v) is 4.10. The van der Waals surface area contributed by atoms with Crippen molar-refractivity contribution in [2.45, 2.75) is 11.0 Å². The van der Waals surface area contributed by atoms with Crippen molar-refractivity contribution in [3.63, 3.8) is 0 Å². The first-order chi connectivity index (χ1) is 7.56. The van der Waals surface area contributed by atoms with Gasteiger partial charge in [0.2, 0.25) is 0 Å². The second-order valence-electron chi connectivity index (χ2n) is 3.07. The number of carbonyl (C=O) groups is 1. The summed E-state index contributed by atoms with van der Waals surface area (Å²) in [6.45, 7) is -0.441. The summed E-state index contributed by atoms with van der Waals surface area (Å²) in [5.41, 5.74) is -0.143. The summed E-state index contributed by atoms with van der Waals surface area (Å²) in [6.07, 6.45) is -0.994. The van der Waals surface area contributed by atoms with Gasteiger partial charge in [0.15, 0.2) is 0 Å². The first kappa shape index (κ1) is 13.0. The van der Waals surface area contributed by atoms with Gasteiger partial charge >= 0.3 is 5.97 Å². The number of thioether (sulfide) groups is 1. The Morgan fingerprint density at radius 2 is 2.19 bits per heavy atom. The summed E-state index contributed by atoms with van der Waals surface area (Å²) in [5, 5.41) is 26.5. The van der Waals surface area contributed by atoms with E-state index in [1.54, 1.807) is 0 Å². The Balaban J connectivity index is 2.88. The molecule has 0 amide bonds. The first-order valence-corrected chi connectivity index (χ1v) is 5.48. The van der Waals surface area contributed by atoms with Crippen molar-refractivity contribution in [3.8, 4) is 0 Å². The quantitative estimate of drug-likeness (QED) is 0.675. The van der Waals surface area contributed by atoms with Gasteiger partial charge < -0.3 is 15.3 Å². The Bertz CT molecular complexity index is 383. The lowest BCUT2D eigenvalue weighted by Gasteiger charge is -2.09. The number of halogens is 1. The van der Waals surface area contributed by atoms with E-state index in [9.17, 15) is 9.18 Å². The third-order valence-corrected chi connectivity index (χ3v) is 3.08. The monoisotopic (exact) mass is 246 g/mol. The zero-order valence-corrected chi connectivity index (χ0v) is 9.08. The minimum Gasteiger partial charge on any atom is -0.478 e. The molecule has 0 aromatic heterocycles. The molecule has 0 spiro atoms. The van der Waals surface area contributed by atoms with E-state index in [-0.39, 0.29) is 16.2 Å². The van der Waals surface area contributed by atoms with E-state index in [0.717, 1.165) is 17.8 Å². The molecule has 16 heavy (non-hydrogen) atoms. The largest absolute Gasteiger partial charge is 0.478 e. The van der Waals surface area contributed by atoms with Crippen LogP contribution in [0, 0.1) is 5.82 Å². The lowest BCUT2D eigenvalue weighted by atomic mass is 10.2. The molecule has 1 aromatic rings. The fourth-order valence-electron chi connectivity index (χ4n) is 1.06. The number of aliphatic hydroxyl groups is 2. The summed E-state index contributed by atoms with van der Waals surface area (Å²) in [7, 11) is 0. The molecule has 0 saturated heterocycles. The molecule has 0 aliphatic heterocycles. The van der Waals surface area contributed by atoms with Crippen LogP contribution in [-0.4, -0.2) is 39.8 Å². The second kappa shape index (κ2) is 5.83. The molecule has 88 valence electrons. The van der Waals surface area contributed by atoms with Gasteiger partial charge in [-0.1, -0.05) is 6.07 Å². The van der Waals surface area contributed by atoms with E-state index in [1.165, 1.54) is 12.1 Å². The summed E-state index contributed by atoms with van der Waals surface area (Å²) < 4.78 is 13.3. The smallest absolute Gasteiger partial charge is 0.336 e. The van der Waals surface area contributed by atoms with Crippen molar-refractivity contribution in [1.82, 2.24) is 0 Å². The first-order valence-electron chi connectivity index (χ1n) is 4.49. The molecule has 1 atom stereocenters. The van der Waals surface area contributed by atoms with Gasteiger partial charge in [0.1, 0.15) is 5.82 Å². The number of hydrogen-bond donors (Lipinski definition) is 3. The molecule has 6 heteroatoms. The molecule has 0 aliphatic rings. The standard InChI is InChI=1S/C10H11FO4S/c11-8-3-1-2-7(10(14)15)9(8)16-5-6(13)4-12/h1-3,6,12-13H,4-5H2,(H,14,15). The zero-order chi connectivity index (χ0) is 12.1. The number of carboxylic acids is 1. The van der Waals surface area contributed by atoms with Crippen LogP contribution in [-0.2, 0) is 0 Å². The lowest BCUT2D eigenvalue weighted by Crippen LogP contribution is -2.15. The van der Waals surface area contributed by atoms with Gasteiger partial charge in [-0.2, -0.15) is 0 Å². The van der Waals surface area contributed by atoms with Crippen molar-refractivity contribution in [1.29, 1.82) is 0 Å². The predicted molar refractivity (Wildman–Crippen MR) is 57.2 cm³/mol. The maximum absolute atomic E-state index is 13.3. The molecule has 0 radical (unpaired) electrons. The van der Waals surface area contributed by atoms with Crippen LogP contribution in [0.25, 0.3) is 0 Å². The molecular weight excluding hydrogens is 235 g/mol. The van der Waals surface area contributed by atoms with Crippen LogP contribution < -0.4 is 0 Å². The maximum Gasteiger partial charge on any atom is 0.336 e. The molecule has 1 aromatic carbocycles. The fraction of sp³-hybridized carbons (Fsp3) is 0.300. The van der Waals surface area contributed by atoms with Gasteiger partial charge in [0.25, 0.3) is 0 Å². The van der Waals surface area contributed by atoms with Gasteiger partial charge in [0, 0.05) is 5.75 Å². The molecule has 0 bridgehead atoms. The van der Waals surface area contributed by atoms with Crippen molar-refractivity contribution in [3.05, 3.63) is 29.6 Å². The van der Waals surface area contributed by atoms with E-state index >= 15 is 0 Å². The molecule has 3 N–H and O–H groups in total. The third kappa shape index (κ3) is 3.19. The number of carboxylic acid groups (broad SMARTS) is 1. The number of aliphatic hydroxyl groups excluding tert-OH is 2. The van der Waals surface area contributed by atoms with Gasteiger partial charge in [0.05, 0.1) is 23.2 Å². The molecule has 0 saturated carbocycles. The van der Waals surface area contributed by atoms with Crippen molar-refractivity contribution in [2.24, 2.45) is 0 Å². The van der Waals surface area contributed by atoms with Crippen LogP contribution in [0.3, 0.4) is 0 Å². The average Bonchev–Trinajstić information content (AvgIpc) is 2.26. The minimum atomic E-state index is -1.22. The van der Waals surface area contributed by atoms with Gasteiger partial charge in [-0.25, -0.2) is 9.18 Å². The third-order valence-electron chi connectivity index (χ3n) is 1.83. The molecule has 1 unspecified atom stereocenters. The number of hydrogen-bond acceptors (Lipinski definition) is 4. The highest BCUT2D eigenvalue weighted by atomic mass is 32.2. The molecule has 0 aliphatic carbocycles. The van der Waals surface area contributed by atoms with E-state index < -0.39 is 24.5 Å². The molecule has 0 heterocycles. The Morgan fingerprint density at radius 1 is 1.50 bits per heavy atom. The van der Waals surface area contributed by atoms with Crippen LogP contribution in [0.15, 0.2) is 23.1 Å². The number of rotatable bonds is 5. The summed E-state index contributed by atoms with van der Waals surface area (Å²) in [6, 6.07) is 3.75. The lowest BCUT2D eigenvalue weighted by molar-refractivity contribution is 0.0692. The van der Waals surface area contributed by atoms with Crippen LogP contribution in [0.2, 0.25) is 0 Å². The summed E-state index contributed by atoms with van der Waals surface area (Å²) in [5.74, 6) is -1.83. The highest BCUT2D eigenvalue weighted by molar-refractivity contribution is 7.99. The number of aromatic carboxylic acids is 1. The SMILES string of the molecule is O=C(O)c1cccc(F)c1SCC(O)CO. The van der Waals surface area contributed by atoms with E-state index in [1.807, 2.05) is 0 Å². The van der Waals surface area contributed by atoms with Crippen molar-refractivity contribution in [2.75, 3.05) is 12.4 Å². The Hall–Kier alpha value is -1.11. The van der Waals surface area contributed by atoms with Gasteiger partial charge in [-0.15, -0.1) is 11.8 Å². The van der Waals surface area contributed by atoms with Crippen molar-refractivity contribution >= 4 is 17.7 Å². The van der Waals surface area contributed by atoms with Gasteiger partial charge in [-0.05, 0) is 12.1 Å². The maximum atomic E-state index is 13.3. The highest BCUT2D eigenvalue weighted by Crippen LogP contribution is 2.26. The molecule has 4 nitrogen and oxygen atoms in total. The highest BCUT2D eigenvalue weighted by Gasteiger charge is 2.15. The average molecular weight is 246 g/mol. The van der Waals surface area contributed by atoms with E-state index in [4.69, 9.17) is 15.3 Å². The van der Waals surface area contributed by atoms with Gasteiger partial charge in [-0.3, -0.25) is 0 Å². The zero-order valence-electron chi connectivity index (χ0n) is 8.26.